The maximum atomic E-state index is 12.7. The zero-order chi connectivity index (χ0) is 16.7. The van der Waals surface area contributed by atoms with E-state index in [0.29, 0.717) is 5.56 Å². The highest BCUT2D eigenvalue weighted by Gasteiger charge is 2.49. The van der Waals surface area contributed by atoms with Gasteiger partial charge in [0.15, 0.2) is 11.4 Å². The van der Waals surface area contributed by atoms with Gasteiger partial charge in [0.2, 0.25) is 0 Å². The molecule has 24 heavy (non-hydrogen) atoms. The summed E-state index contributed by atoms with van der Waals surface area (Å²) in [6, 6.07) is 4.85. The van der Waals surface area contributed by atoms with Crippen molar-refractivity contribution in [2.75, 3.05) is 0 Å². The van der Waals surface area contributed by atoms with Crippen LogP contribution in [0.2, 0.25) is 0 Å². The highest BCUT2D eigenvalue weighted by Crippen LogP contribution is 2.32. The summed E-state index contributed by atoms with van der Waals surface area (Å²) in [6.45, 7) is 1.62. The van der Waals surface area contributed by atoms with E-state index in [4.69, 9.17) is 8.94 Å². The Morgan fingerprint density at radius 2 is 2.25 bits per heavy atom. The third kappa shape index (κ3) is 2.21. The first kappa shape index (κ1) is 14.6. The topological polar surface area (TPSA) is 101 Å². The number of nitrogens with zero attached hydrogens (tertiary/aromatic N) is 3. The molecule has 1 unspecified atom stereocenters. The normalized spacial score (nSPS) is 20.6. The van der Waals surface area contributed by atoms with Gasteiger partial charge in [-0.15, -0.1) is 11.3 Å². The molecule has 0 saturated carbocycles. The van der Waals surface area contributed by atoms with Gasteiger partial charge in [0.1, 0.15) is 6.26 Å². The molecule has 1 atom stereocenters. The van der Waals surface area contributed by atoms with E-state index in [-0.39, 0.29) is 24.2 Å². The molecule has 0 aliphatic carbocycles. The Hall–Kier alpha value is -2.94. The summed E-state index contributed by atoms with van der Waals surface area (Å²) < 4.78 is 10.1. The number of carbonyl (C=O) groups excluding carboxylic acids is 2. The summed E-state index contributed by atoms with van der Waals surface area (Å²) in [5, 5.41) is 8.41. The fraction of sp³-hybridized carbons (Fsp3) is 0.200. The van der Waals surface area contributed by atoms with Crippen LogP contribution in [0, 0.1) is 0 Å². The van der Waals surface area contributed by atoms with Gasteiger partial charge >= 0.3 is 6.03 Å². The zero-order valence-electron chi connectivity index (χ0n) is 12.6. The van der Waals surface area contributed by atoms with Crippen LogP contribution in [0.25, 0.3) is 11.5 Å². The van der Waals surface area contributed by atoms with Crippen molar-refractivity contribution in [2.24, 2.45) is 0 Å². The van der Waals surface area contributed by atoms with Crippen molar-refractivity contribution in [1.29, 1.82) is 0 Å². The number of imide groups is 1. The van der Waals surface area contributed by atoms with Crippen LogP contribution in [0.15, 0.2) is 45.0 Å². The van der Waals surface area contributed by atoms with E-state index in [1.54, 1.807) is 13.0 Å². The molecular formula is C15H12N4O4S. The van der Waals surface area contributed by atoms with Crippen molar-refractivity contribution < 1.29 is 18.5 Å². The van der Waals surface area contributed by atoms with Crippen LogP contribution in [0.5, 0.6) is 0 Å². The van der Waals surface area contributed by atoms with Crippen molar-refractivity contribution in [3.05, 3.63) is 46.8 Å². The second-order valence-electron chi connectivity index (χ2n) is 5.45. The standard InChI is InChI=1S/C15H12N4O4S/c1-15(10-3-2-6-24-10)13(20)19(14(21)17-15)7-11-16-12(23-18-11)9-4-5-22-8-9/h2-6,8H,7H2,1H3,(H,17,21). The van der Waals surface area contributed by atoms with E-state index in [9.17, 15) is 9.59 Å². The Labute approximate surface area is 140 Å². The number of furan rings is 1. The molecule has 3 aromatic rings. The second-order valence-corrected chi connectivity index (χ2v) is 6.40. The van der Waals surface area contributed by atoms with Gasteiger partial charge in [-0.05, 0) is 24.4 Å². The van der Waals surface area contributed by atoms with Gasteiger partial charge in [-0.25, -0.2) is 4.79 Å². The van der Waals surface area contributed by atoms with Gasteiger partial charge in [-0.3, -0.25) is 9.69 Å². The van der Waals surface area contributed by atoms with Crippen molar-refractivity contribution in [3.63, 3.8) is 0 Å². The van der Waals surface area contributed by atoms with E-state index < -0.39 is 11.6 Å². The van der Waals surface area contributed by atoms with Crippen LogP contribution in [0.3, 0.4) is 0 Å². The van der Waals surface area contributed by atoms with Crippen LogP contribution in [-0.4, -0.2) is 27.0 Å². The molecule has 8 nitrogen and oxygen atoms in total. The quantitative estimate of drug-likeness (QED) is 0.729. The molecule has 4 rings (SSSR count). The number of urea groups is 1. The average Bonchev–Trinajstić information content (AvgIpc) is 3.34. The second kappa shape index (κ2) is 5.31. The number of amides is 3. The molecule has 1 N–H and O–H groups in total. The van der Waals surface area contributed by atoms with Crippen LogP contribution >= 0.6 is 11.3 Å². The number of carbonyl (C=O) groups is 2. The number of hydrogen-bond donors (Lipinski definition) is 1. The van der Waals surface area contributed by atoms with Gasteiger partial charge in [-0.2, -0.15) is 4.98 Å². The molecule has 1 saturated heterocycles. The molecule has 0 bridgehead atoms. The van der Waals surface area contributed by atoms with Gasteiger partial charge < -0.3 is 14.3 Å². The smallest absolute Gasteiger partial charge is 0.325 e. The lowest BCUT2D eigenvalue weighted by molar-refractivity contribution is -0.131. The van der Waals surface area contributed by atoms with E-state index in [1.165, 1.54) is 23.9 Å². The van der Waals surface area contributed by atoms with Crippen LogP contribution < -0.4 is 5.32 Å². The van der Waals surface area contributed by atoms with Gasteiger partial charge in [-0.1, -0.05) is 11.2 Å². The van der Waals surface area contributed by atoms with Gasteiger partial charge in [0.05, 0.1) is 18.4 Å². The minimum atomic E-state index is -1.07. The largest absolute Gasteiger partial charge is 0.472 e. The zero-order valence-corrected chi connectivity index (χ0v) is 13.4. The molecule has 0 spiro atoms. The maximum absolute atomic E-state index is 12.7. The Balaban J connectivity index is 1.57. The predicted molar refractivity (Wildman–Crippen MR) is 82.8 cm³/mol. The molecule has 1 aliphatic heterocycles. The summed E-state index contributed by atoms with van der Waals surface area (Å²) >= 11 is 1.41. The first-order chi connectivity index (χ1) is 11.6. The van der Waals surface area contributed by atoms with Gasteiger partial charge in [0.25, 0.3) is 11.8 Å². The Bertz CT molecular complexity index is 887. The average molecular weight is 344 g/mol. The number of hydrogen-bond acceptors (Lipinski definition) is 7. The van der Waals surface area contributed by atoms with Gasteiger partial charge in [0, 0.05) is 4.88 Å². The lowest BCUT2D eigenvalue weighted by Crippen LogP contribution is -2.40. The van der Waals surface area contributed by atoms with Crippen LogP contribution in [0.4, 0.5) is 4.79 Å². The van der Waals surface area contributed by atoms with Crippen LogP contribution in [-0.2, 0) is 16.9 Å². The highest BCUT2D eigenvalue weighted by atomic mass is 32.1. The summed E-state index contributed by atoms with van der Waals surface area (Å²) in [5.74, 6) is 0.168. The highest BCUT2D eigenvalue weighted by molar-refractivity contribution is 7.10. The molecular weight excluding hydrogens is 332 g/mol. The number of thiophene rings is 1. The molecule has 1 aliphatic rings. The lowest BCUT2D eigenvalue weighted by atomic mass is 10.0. The number of aromatic nitrogens is 2. The lowest BCUT2D eigenvalue weighted by Gasteiger charge is -2.19. The number of rotatable bonds is 4. The molecule has 3 amide bonds. The first-order valence-corrected chi connectivity index (χ1v) is 7.99. The molecule has 0 aromatic carbocycles. The minimum Gasteiger partial charge on any atom is -0.472 e. The van der Waals surface area contributed by atoms with Crippen molar-refractivity contribution in [3.8, 4) is 11.5 Å². The molecule has 9 heteroatoms. The summed E-state index contributed by atoms with van der Waals surface area (Å²) in [7, 11) is 0. The Morgan fingerprint density at radius 3 is 2.96 bits per heavy atom. The molecule has 3 aromatic heterocycles. The third-order valence-electron chi connectivity index (χ3n) is 3.82. The Kier molecular flexibility index (Phi) is 3.24. The maximum Gasteiger partial charge on any atom is 0.325 e. The van der Waals surface area contributed by atoms with Crippen molar-refractivity contribution in [1.82, 2.24) is 20.4 Å². The summed E-state index contributed by atoms with van der Waals surface area (Å²) in [4.78, 5) is 31.0. The monoisotopic (exact) mass is 344 g/mol. The van der Waals surface area contributed by atoms with Crippen molar-refractivity contribution >= 4 is 23.3 Å². The van der Waals surface area contributed by atoms with Crippen LogP contribution in [0.1, 0.15) is 17.6 Å². The molecule has 1 fully saturated rings. The van der Waals surface area contributed by atoms with E-state index in [1.807, 2.05) is 17.5 Å². The predicted octanol–water partition coefficient (Wildman–Crippen LogP) is 2.36. The number of nitrogens with one attached hydrogen (secondary N) is 1. The van der Waals surface area contributed by atoms with Crippen molar-refractivity contribution in [2.45, 2.75) is 19.0 Å². The molecule has 4 heterocycles. The molecule has 0 radical (unpaired) electrons. The summed E-state index contributed by atoms with van der Waals surface area (Å²) in [6.07, 6.45) is 2.96. The molecule has 122 valence electrons. The fourth-order valence-electron chi connectivity index (χ4n) is 2.53. The Morgan fingerprint density at radius 1 is 1.38 bits per heavy atom. The summed E-state index contributed by atoms with van der Waals surface area (Å²) in [5.41, 5.74) is -0.433. The SMILES string of the molecule is CC1(c2cccs2)NC(=O)N(Cc2noc(-c3ccoc3)n2)C1=O. The van der Waals surface area contributed by atoms with E-state index in [0.717, 1.165) is 9.78 Å². The minimum absolute atomic E-state index is 0.0625. The van der Waals surface area contributed by atoms with E-state index in [2.05, 4.69) is 15.5 Å². The van der Waals surface area contributed by atoms with E-state index >= 15 is 0 Å². The fourth-order valence-corrected chi connectivity index (χ4v) is 3.37. The third-order valence-corrected chi connectivity index (χ3v) is 4.92. The first-order valence-electron chi connectivity index (χ1n) is 7.11.